The summed E-state index contributed by atoms with van der Waals surface area (Å²) in [7, 11) is 0. The van der Waals surface area contributed by atoms with Crippen LogP contribution in [0.1, 0.15) is 82.1 Å². The molecule has 0 bridgehead atoms. The Balaban J connectivity index is 2.54. The van der Waals surface area contributed by atoms with Gasteiger partial charge in [-0.3, -0.25) is 9.59 Å². The topological polar surface area (TPSA) is 112 Å². The lowest BCUT2D eigenvalue weighted by atomic mass is 9.81. The van der Waals surface area contributed by atoms with Crippen molar-refractivity contribution in [1.29, 1.82) is 10.5 Å². The van der Waals surface area contributed by atoms with Crippen LogP contribution in [-0.4, -0.2) is 58.9 Å². The van der Waals surface area contributed by atoms with Crippen LogP contribution in [0.25, 0.3) is 0 Å². The third-order valence-electron chi connectivity index (χ3n) is 6.48. The van der Waals surface area contributed by atoms with Crippen LogP contribution in [0.2, 0.25) is 0 Å². The fourth-order valence-corrected chi connectivity index (χ4v) is 5.67. The van der Waals surface area contributed by atoms with E-state index < -0.39 is 22.9 Å². The van der Waals surface area contributed by atoms with E-state index in [0.717, 1.165) is 39.0 Å². The number of hydrogen-bond acceptors (Lipinski definition) is 6. The summed E-state index contributed by atoms with van der Waals surface area (Å²) in [6.07, 6.45) is 16.1. The molecule has 1 aliphatic heterocycles. The molecule has 8 heteroatoms. The van der Waals surface area contributed by atoms with Crippen molar-refractivity contribution in [3.05, 3.63) is 48.9 Å². The molecule has 232 valence electrons. The van der Waals surface area contributed by atoms with E-state index in [1.165, 1.54) is 0 Å². The second kappa shape index (κ2) is 15.6. The van der Waals surface area contributed by atoms with Gasteiger partial charge in [0.1, 0.15) is 11.8 Å². The van der Waals surface area contributed by atoms with Crippen molar-refractivity contribution in [3.63, 3.8) is 0 Å². The highest BCUT2D eigenvalue weighted by Gasteiger charge is 2.30. The molecule has 8 nitrogen and oxygen atoms in total. The van der Waals surface area contributed by atoms with Crippen LogP contribution in [-0.2, 0) is 9.59 Å². The number of amides is 2. The molecular formula is C34H54N6O2. The molecule has 0 spiro atoms. The van der Waals surface area contributed by atoms with Crippen LogP contribution in [0.3, 0.4) is 0 Å². The van der Waals surface area contributed by atoms with Crippen molar-refractivity contribution >= 4 is 11.8 Å². The molecular weight excluding hydrogens is 524 g/mol. The minimum Gasteiger partial charge on any atom is -0.374 e. The molecule has 0 aromatic carbocycles. The number of rotatable bonds is 12. The van der Waals surface area contributed by atoms with Gasteiger partial charge >= 0.3 is 0 Å². The molecule has 2 N–H and O–H groups in total. The summed E-state index contributed by atoms with van der Waals surface area (Å²) in [6.45, 7) is 24.0. The molecule has 42 heavy (non-hydrogen) atoms. The minimum atomic E-state index is -0.842. The van der Waals surface area contributed by atoms with Crippen molar-refractivity contribution in [2.24, 2.45) is 22.7 Å². The second-order valence-electron chi connectivity index (χ2n) is 15.0. The lowest BCUT2D eigenvalue weighted by molar-refractivity contribution is -0.125. The molecule has 2 unspecified atom stereocenters. The average molecular weight is 579 g/mol. The number of piperazine rings is 1. The summed E-state index contributed by atoms with van der Waals surface area (Å²) < 4.78 is 0. The Bertz CT molecular complexity index is 1010. The highest BCUT2D eigenvalue weighted by Crippen LogP contribution is 2.28. The number of hydrogen-bond donors (Lipinski definition) is 2. The zero-order valence-electron chi connectivity index (χ0n) is 27.6. The Hall–Kier alpha value is -3.52. The molecule has 1 rings (SSSR count). The molecule has 1 aliphatic rings. The van der Waals surface area contributed by atoms with E-state index in [0.29, 0.717) is 0 Å². The molecule has 1 fully saturated rings. The third-order valence-corrected chi connectivity index (χ3v) is 6.48. The number of allylic oxidation sites excluding steroid dienone is 4. The predicted octanol–water partition coefficient (Wildman–Crippen LogP) is 5.69. The van der Waals surface area contributed by atoms with E-state index in [1.807, 2.05) is 52.2 Å². The molecule has 2 atom stereocenters. The maximum Gasteiger partial charge on any atom is 0.241 e. The van der Waals surface area contributed by atoms with Crippen LogP contribution in [0.5, 0.6) is 0 Å². The fraction of sp³-hybridized carbons (Fsp3) is 0.647. The lowest BCUT2D eigenvalue weighted by Gasteiger charge is -2.33. The summed E-state index contributed by atoms with van der Waals surface area (Å²) in [5.74, 6) is -2.25. The summed E-state index contributed by atoms with van der Waals surface area (Å²) in [5, 5.41) is 25.0. The van der Waals surface area contributed by atoms with E-state index in [2.05, 4.69) is 74.1 Å². The minimum absolute atomic E-state index is 0.0653. The van der Waals surface area contributed by atoms with Gasteiger partial charge in [0, 0.05) is 37.3 Å². The SMILES string of the molecule is CC(C)(C)CC(C)(C)NC(=O)C(C#N)C=CC=CN1CCN(C=CC=CC(C#N)C(=O)NC(C)(C)CC(C)(C)C)CC1. The maximum absolute atomic E-state index is 12.6. The Morgan fingerprint density at radius 3 is 1.21 bits per heavy atom. The van der Waals surface area contributed by atoms with Crippen molar-refractivity contribution < 1.29 is 9.59 Å². The first-order valence-corrected chi connectivity index (χ1v) is 14.9. The first-order valence-electron chi connectivity index (χ1n) is 14.9. The third kappa shape index (κ3) is 15.5. The van der Waals surface area contributed by atoms with E-state index in [1.54, 1.807) is 24.3 Å². The van der Waals surface area contributed by atoms with Crippen LogP contribution in [0.4, 0.5) is 0 Å². The predicted molar refractivity (Wildman–Crippen MR) is 170 cm³/mol. The summed E-state index contributed by atoms with van der Waals surface area (Å²) in [4.78, 5) is 29.6. The van der Waals surface area contributed by atoms with Gasteiger partial charge < -0.3 is 20.4 Å². The van der Waals surface area contributed by atoms with Crippen LogP contribution >= 0.6 is 0 Å². The normalized spacial score (nSPS) is 17.0. The monoisotopic (exact) mass is 578 g/mol. The number of carbonyl (C=O) groups is 2. The molecule has 0 aromatic heterocycles. The number of nitriles is 2. The molecule has 0 saturated carbocycles. The van der Waals surface area contributed by atoms with Crippen molar-refractivity contribution in [1.82, 2.24) is 20.4 Å². The fourth-order valence-electron chi connectivity index (χ4n) is 5.67. The first-order chi connectivity index (χ1) is 19.3. The van der Waals surface area contributed by atoms with Gasteiger partial charge in [0.05, 0.1) is 12.1 Å². The van der Waals surface area contributed by atoms with Gasteiger partial charge in [0.25, 0.3) is 0 Å². The summed E-state index contributed by atoms with van der Waals surface area (Å²) >= 11 is 0. The Labute approximate surface area is 255 Å². The zero-order chi connectivity index (χ0) is 32.2. The lowest BCUT2D eigenvalue weighted by Crippen LogP contribution is -2.47. The Morgan fingerprint density at radius 1 is 0.643 bits per heavy atom. The van der Waals surface area contributed by atoms with Crippen molar-refractivity contribution in [2.75, 3.05) is 26.2 Å². The van der Waals surface area contributed by atoms with Crippen molar-refractivity contribution in [2.45, 2.75) is 93.2 Å². The van der Waals surface area contributed by atoms with Gasteiger partial charge in [-0.15, -0.1) is 0 Å². The zero-order valence-corrected chi connectivity index (χ0v) is 27.6. The van der Waals surface area contributed by atoms with Gasteiger partial charge in [-0.2, -0.15) is 10.5 Å². The molecule has 2 amide bonds. The molecule has 1 saturated heterocycles. The Kier molecular flexibility index (Phi) is 13.6. The van der Waals surface area contributed by atoms with Crippen LogP contribution in [0.15, 0.2) is 48.9 Å². The largest absolute Gasteiger partial charge is 0.374 e. The van der Waals surface area contributed by atoms with Gasteiger partial charge in [-0.25, -0.2) is 0 Å². The Morgan fingerprint density at radius 2 is 0.952 bits per heavy atom. The van der Waals surface area contributed by atoms with E-state index in [9.17, 15) is 20.1 Å². The molecule has 0 aromatic rings. The quantitative estimate of drug-likeness (QED) is 0.288. The smallest absolute Gasteiger partial charge is 0.241 e. The van der Waals surface area contributed by atoms with Gasteiger partial charge in [0.15, 0.2) is 0 Å². The standard InChI is InChI=1S/C34H54N6O2/c1-31(2,3)25-33(7,8)37-29(41)27(23-35)15-11-13-17-39-19-21-40(22-20-39)18-14-12-16-28(24-36)30(42)38-34(9,10)26-32(4,5)6/h11-18,27-28H,19-22,25-26H2,1-10H3,(H,37,41)(H,38,42). The molecule has 1 heterocycles. The molecule has 0 aliphatic carbocycles. The highest BCUT2D eigenvalue weighted by molar-refractivity contribution is 5.84. The maximum atomic E-state index is 12.6. The first kappa shape index (κ1) is 36.5. The molecule has 0 radical (unpaired) electrons. The number of nitrogens with zero attached hydrogens (tertiary/aromatic N) is 4. The van der Waals surface area contributed by atoms with Gasteiger partial charge in [0.2, 0.25) is 11.8 Å². The highest BCUT2D eigenvalue weighted by atomic mass is 16.2. The van der Waals surface area contributed by atoms with Crippen LogP contribution < -0.4 is 10.6 Å². The van der Waals surface area contributed by atoms with Gasteiger partial charge in [-0.05, 0) is 75.9 Å². The summed E-state index contributed by atoms with van der Waals surface area (Å²) in [5.41, 5.74) is -0.661. The van der Waals surface area contributed by atoms with Gasteiger partial charge in [-0.1, -0.05) is 65.8 Å². The second-order valence-corrected chi connectivity index (χ2v) is 15.0. The van der Waals surface area contributed by atoms with Crippen molar-refractivity contribution in [3.8, 4) is 12.1 Å². The van der Waals surface area contributed by atoms with Crippen LogP contribution in [0, 0.1) is 45.3 Å². The van der Waals surface area contributed by atoms with E-state index in [4.69, 9.17) is 0 Å². The average Bonchev–Trinajstić information content (AvgIpc) is 2.81. The number of nitrogens with one attached hydrogen (secondary N) is 2. The number of carbonyl (C=O) groups excluding carboxylic acids is 2. The van der Waals surface area contributed by atoms with E-state index >= 15 is 0 Å². The van der Waals surface area contributed by atoms with E-state index in [-0.39, 0.29) is 22.6 Å². The summed E-state index contributed by atoms with van der Waals surface area (Å²) in [6, 6.07) is 4.17.